The molecule has 3 aromatic carbocycles. The van der Waals surface area contributed by atoms with E-state index in [2.05, 4.69) is 0 Å². The normalized spacial score (nSPS) is 11.6. The van der Waals surface area contributed by atoms with E-state index in [1.807, 2.05) is 30.3 Å². The van der Waals surface area contributed by atoms with Crippen molar-refractivity contribution in [3.8, 4) is 11.1 Å². The number of nitrogens with two attached hydrogens (primary N) is 1. The van der Waals surface area contributed by atoms with E-state index in [1.54, 1.807) is 54.6 Å². The van der Waals surface area contributed by atoms with Gasteiger partial charge in [0.15, 0.2) is 0 Å². The Kier molecular flexibility index (Phi) is 5.10. The number of hydrogen-bond donors (Lipinski definition) is 2. The van der Waals surface area contributed by atoms with Gasteiger partial charge in [-0.15, -0.1) is 0 Å². The molecule has 1 atom stereocenters. The molecule has 3 N–H and O–H groups in total. The first-order valence-corrected chi connectivity index (χ1v) is 8.10. The Morgan fingerprint density at radius 2 is 1.27 bits per heavy atom. The van der Waals surface area contributed by atoms with Crippen LogP contribution in [0.5, 0.6) is 0 Å². The highest BCUT2D eigenvalue weighted by molar-refractivity contribution is 6.10. The van der Waals surface area contributed by atoms with Crippen LogP contribution in [-0.4, -0.2) is 17.0 Å². The predicted molar refractivity (Wildman–Crippen MR) is 99.5 cm³/mol. The summed E-state index contributed by atoms with van der Waals surface area (Å²) >= 11 is 0. The van der Waals surface area contributed by atoms with E-state index in [-0.39, 0.29) is 5.69 Å². The number of carbonyl (C=O) groups excluding carboxylic acids is 2. The Labute approximate surface area is 151 Å². The molecular formula is C21H18N2O3. The third-order valence-corrected chi connectivity index (χ3v) is 4.09. The number of nitrogens with zero attached hydrogens (tertiary/aromatic N) is 1. The number of hydrogen-bond acceptors (Lipinski definition) is 3. The molecule has 0 fully saturated rings. The molecule has 2 amide bonds. The predicted octanol–water partition coefficient (Wildman–Crippen LogP) is 3.34. The van der Waals surface area contributed by atoms with Crippen molar-refractivity contribution in [2.45, 2.75) is 5.92 Å². The number of hydroxylamine groups is 1. The van der Waals surface area contributed by atoms with Gasteiger partial charge >= 0.3 is 0 Å². The zero-order chi connectivity index (χ0) is 18.5. The first kappa shape index (κ1) is 17.4. The van der Waals surface area contributed by atoms with Crippen LogP contribution in [0.2, 0.25) is 0 Å². The Balaban J connectivity index is 1.84. The van der Waals surface area contributed by atoms with Gasteiger partial charge in [-0.1, -0.05) is 72.8 Å². The second-order valence-corrected chi connectivity index (χ2v) is 5.81. The fraction of sp³-hybridized carbons (Fsp3) is 0.0476. The van der Waals surface area contributed by atoms with Crippen molar-refractivity contribution in [3.05, 3.63) is 90.5 Å². The quantitative estimate of drug-likeness (QED) is 0.422. The second kappa shape index (κ2) is 7.63. The van der Waals surface area contributed by atoms with Gasteiger partial charge in [-0.05, 0) is 28.8 Å². The van der Waals surface area contributed by atoms with Crippen molar-refractivity contribution < 1.29 is 14.8 Å². The van der Waals surface area contributed by atoms with E-state index in [9.17, 15) is 14.8 Å². The summed E-state index contributed by atoms with van der Waals surface area (Å²) in [4.78, 5) is 24.4. The van der Waals surface area contributed by atoms with Crippen molar-refractivity contribution in [3.63, 3.8) is 0 Å². The molecule has 3 aromatic rings. The lowest BCUT2D eigenvalue weighted by Crippen LogP contribution is -2.38. The number of carbonyl (C=O) groups is 2. The molecule has 5 heteroatoms. The van der Waals surface area contributed by atoms with Gasteiger partial charge in [0.25, 0.3) is 5.91 Å². The summed E-state index contributed by atoms with van der Waals surface area (Å²) in [5.41, 5.74) is 8.06. The maximum absolute atomic E-state index is 12.6. The lowest BCUT2D eigenvalue weighted by molar-refractivity contribution is -0.131. The van der Waals surface area contributed by atoms with Crippen LogP contribution in [0.3, 0.4) is 0 Å². The molecular weight excluding hydrogens is 328 g/mol. The third kappa shape index (κ3) is 3.63. The molecule has 0 aliphatic heterocycles. The van der Waals surface area contributed by atoms with Gasteiger partial charge in [0.2, 0.25) is 5.91 Å². The number of primary amides is 1. The zero-order valence-electron chi connectivity index (χ0n) is 13.9. The molecule has 0 aliphatic carbocycles. The molecule has 0 aliphatic rings. The van der Waals surface area contributed by atoms with E-state index in [4.69, 9.17) is 5.73 Å². The van der Waals surface area contributed by atoms with Crippen LogP contribution in [0, 0.1) is 0 Å². The standard InChI is InChI=1S/C21H18N2O3/c22-20(24)19(17-9-5-2-6-10-17)21(25)23(26)18-13-11-16(12-14-18)15-7-3-1-4-8-15/h1-14,19,26H,(H2,22,24). The molecule has 3 rings (SSSR count). The minimum atomic E-state index is -1.25. The smallest absolute Gasteiger partial charge is 0.267 e. The van der Waals surface area contributed by atoms with E-state index < -0.39 is 17.7 Å². The van der Waals surface area contributed by atoms with Gasteiger partial charge < -0.3 is 5.73 Å². The molecule has 0 aromatic heterocycles. The van der Waals surface area contributed by atoms with Crippen molar-refractivity contribution in [1.82, 2.24) is 0 Å². The zero-order valence-corrected chi connectivity index (χ0v) is 13.9. The fourth-order valence-corrected chi connectivity index (χ4v) is 2.75. The van der Waals surface area contributed by atoms with E-state index in [0.29, 0.717) is 10.6 Å². The summed E-state index contributed by atoms with van der Waals surface area (Å²) in [5.74, 6) is -2.87. The van der Waals surface area contributed by atoms with Crippen molar-refractivity contribution in [2.75, 3.05) is 5.06 Å². The summed E-state index contributed by atoms with van der Waals surface area (Å²) in [7, 11) is 0. The highest BCUT2D eigenvalue weighted by Crippen LogP contribution is 2.25. The number of benzene rings is 3. The average Bonchev–Trinajstić information content (AvgIpc) is 2.69. The van der Waals surface area contributed by atoms with Gasteiger partial charge in [-0.3, -0.25) is 14.8 Å². The van der Waals surface area contributed by atoms with E-state index >= 15 is 0 Å². The van der Waals surface area contributed by atoms with Gasteiger partial charge in [-0.25, -0.2) is 0 Å². The molecule has 0 spiro atoms. The molecule has 1 unspecified atom stereocenters. The summed E-state index contributed by atoms with van der Waals surface area (Å²) < 4.78 is 0. The largest absolute Gasteiger partial charge is 0.369 e. The number of amides is 2. The Hall–Kier alpha value is -3.44. The highest BCUT2D eigenvalue weighted by atomic mass is 16.5. The van der Waals surface area contributed by atoms with Crippen LogP contribution in [0.15, 0.2) is 84.9 Å². The summed E-state index contributed by atoms with van der Waals surface area (Å²) in [6, 6.07) is 25.0. The first-order valence-electron chi connectivity index (χ1n) is 8.10. The number of anilines is 1. The van der Waals surface area contributed by atoms with E-state index in [1.165, 1.54) is 0 Å². The van der Waals surface area contributed by atoms with Crippen molar-refractivity contribution in [2.24, 2.45) is 5.73 Å². The molecule has 5 nitrogen and oxygen atoms in total. The highest BCUT2D eigenvalue weighted by Gasteiger charge is 2.31. The lowest BCUT2D eigenvalue weighted by atomic mass is 9.97. The lowest BCUT2D eigenvalue weighted by Gasteiger charge is -2.20. The Morgan fingerprint density at radius 3 is 1.81 bits per heavy atom. The van der Waals surface area contributed by atoms with Crippen molar-refractivity contribution >= 4 is 17.5 Å². The molecule has 26 heavy (non-hydrogen) atoms. The van der Waals surface area contributed by atoms with Gasteiger partial charge in [0, 0.05) is 0 Å². The van der Waals surface area contributed by atoms with Crippen LogP contribution in [0.25, 0.3) is 11.1 Å². The van der Waals surface area contributed by atoms with Gasteiger partial charge in [0.1, 0.15) is 5.92 Å². The minimum absolute atomic E-state index is 0.261. The van der Waals surface area contributed by atoms with Crippen LogP contribution in [0.4, 0.5) is 5.69 Å². The molecule has 130 valence electrons. The van der Waals surface area contributed by atoms with Crippen LogP contribution in [0.1, 0.15) is 11.5 Å². The Bertz CT molecular complexity index is 894. The van der Waals surface area contributed by atoms with Crippen LogP contribution < -0.4 is 10.8 Å². The maximum atomic E-state index is 12.6. The van der Waals surface area contributed by atoms with Crippen LogP contribution >= 0.6 is 0 Å². The fourth-order valence-electron chi connectivity index (χ4n) is 2.75. The topological polar surface area (TPSA) is 83.6 Å². The number of rotatable bonds is 5. The average molecular weight is 346 g/mol. The molecule has 0 saturated carbocycles. The monoisotopic (exact) mass is 346 g/mol. The minimum Gasteiger partial charge on any atom is -0.369 e. The summed E-state index contributed by atoms with van der Waals surface area (Å²) in [6.45, 7) is 0. The molecule has 0 heterocycles. The van der Waals surface area contributed by atoms with Crippen LogP contribution in [-0.2, 0) is 9.59 Å². The van der Waals surface area contributed by atoms with Crippen molar-refractivity contribution in [1.29, 1.82) is 0 Å². The Morgan fingerprint density at radius 1 is 0.769 bits per heavy atom. The third-order valence-electron chi connectivity index (χ3n) is 4.09. The van der Waals surface area contributed by atoms with E-state index in [0.717, 1.165) is 11.1 Å². The summed E-state index contributed by atoms with van der Waals surface area (Å²) in [6.07, 6.45) is 0. The second-order valence-electron chi connectivity index (χ2n) is 5.81. The van der Waals surface area contributed by atoms with Gasteiger partial charge in [-0.2, -0.15) is 5.06 Å². The first-order chi connectivity index (χ1) is 12.6. The summed E-state index contributed by atoms with van der Waals surface area (Å²) in [5, 5.41) is 10.8. The molecule has 0 radical (unpaired) electrons. The maximum Gasteiger partial charge on any atom is 0.267 e. The molecule has 0 saturated heterocycles. The van der Waals surface area contributed by atoms with Gasteiger partial charge in [0.05, 0.1) is 5.69 Å². The SMILES string of the molecule is NC(=O)C(C(=O)N(O)c1ccc(-c2ccccc2)cc1)c1ccccc1. The molecule has 0 bridgehead atoms.